The Morgan fingerprint density at radius 1 is 0.969 bits per heavy atom. The SMILES string of the molecule is CC(C)NC(=S)Nc1nc(N2CCN(c3ccccc3)CC2)cc(N2CCCC[C@@H]2C)n1. The third-order valence-electron chi connectivity index (χ3n) is 6.17. The number of benzene rings is 1. The van der Waals surface area contributed by atoms with Gasteiger partial charge in [-0.2, -0.15) is 9.97 Å². The second-order valence-electron chi connectivity index (χ2n) is 9.01. The molecular formula is C24H35N7S. The number of rotatable bonds is 5. The van der Waals surface area contributed by atoms with E-state index in [1.165, 1.54) is 24.9 Å². The number of piperidine rings is 1. The minimum atomic E-state index is 0.255. The van der Waals surface area contributed by atoms with E-state index in [1.807, 2.05) is 0 Å². The number of nitrogens with zero attached hydrogens (tertiary/aromatic N) is 5. The summed E-state index contributed by atoms with van der Waals surface area (Å²) in [4.78, 5) is 16.9. The number of aromatic nitrogens is 2. The molecule has 0 amide bonds. The maximum Gasteiger partial charge on any atom is 0.232 e. The van der Waals surface area contributed by atoms with Crippen LogP contribution in [0.2, 0.25) is 0 Å². The quantitative estimate of drug-likeness (QED) is 0.662. The zero-order valence-electron chi connectivity index (χ0n) is 19.4. The van der Waals surface area contributed by atoms with Crippen LogP contribution in [0.15, 0.2) is 36.4 Å². The lowest BCUT2D eigenvalue weighted by Crippen LogP contribution is -2.47. The molecule has 2 N–H and O–H groups in total. The second-order valence-corrected chi connectivity index (χ2v) is 9.42. The van der Waals surface area contributed by atoms with Crippen molar-refractivity contribution in [3.63, 3.8) is 0 Å². The van der Waals surface area contributed by atoms with E-state index < -0.39 is 0 Å². The maximum absolute atomic E-state index is 5.47. The van der Waals surface area contributed by atoms with Crippen molar-refractivity contribution in [2.24, 2.45) is 0 Å². The highest BCUT2D eigenvalue weighted by atomic mass is 32.1. The first-order valence-corrected chi connectivity index (χ1v) is 12.2. The molecule has 4 rings (SSSR count). The average Bonchev–Trinajstić information content (AvgIpc) is 2.79. The predicted octanol–water partition coefficient (Wildman–Crippen LogP) is 3.88. The van der Waals surface area contributed by atoms with Crippen molar-refractivity contribution >= 4 is 40.6 Å². The van der Waals surface area contributed by atoms with E-state index >= 15 is 0 Å². The van der Waals surface area contributed by atoms with Gasteiger partial charge in [0.25, 0.3) is 0 Å². The van der Waals surface area contributed by atoms with Gasteiger partial charge in [0.05, 0.1) is 0 Å². The van der Waals surface area contributed by atoms with Crippen molar-refractivity contribution in [3.05, 3.63) is 36.4 Å². The summed E-state index contributed by atoms with van der Waals surface area (Å²) in [6.07, 6.45) is 3.69. The molecule has 0 saturated carbocycles. The Balaban J connectivity index is 1.54. The van der Waals surface area contributed by atoms with E-state index in [4.69, 9.17) is 22.2 Å². The van der Waals surface area contributed by atoms with E-state index in [0.717, 1.165) is 44.4 Å². The van der Waals surface area contributed by atoms with E-state index in [2.05, 4.69) is 82.5 Å². The number of hydrogen-bond donors (Lipinski definition) is 2. The third kappa shape index (κ3) is 5.59. The molecule has 2 fully saturated rings. The van der Waals surface area contributed by atoms with Gasteiger partial charge in [-0.05, 0) is 64.4 Å². The smallest absolute Gasteiger partial charge is 0.232 e. The van der Waals surface area contributed by atoms with Crippen molar-refractivity contribution in [1.29, 1.82) is 0 Å². The highest BCUT2D eigenvalue weighted by Gasteiger charge is 2.24. The maximum atomic E-state index is 5.47. The van der Waals surface area contributed by atoms with Crippen LogP contribution in [0.25, 0.3) is 0 Å². The standard InChI is InChI=1S/C24H35N7S/c1-18(2)25-24(32)28-23-26-21(17-22(27-23)31-12-8-7-9-19(31)3)30-15-13-29(14-16-30)20-10-5-4-6-11-20/h4-6,10-11,17-19H,7-9,12-16H2,1-3H3,(H2,25,26,27,28,32)/t19-/m0/s1. The van der Waals surface area contributed by atoms with Crippen molar-refractivity contribution in [2.75, 3.05) is 52.7 Å². The molecule has 0 aliphatic carbocycles. The first kappa shape index (κ1) is 22.6. The van der Waals surface area contributed by atoms with Gasteiger partial charge in [-0.25, -0.2) is 0 Å². The zero-order valence-corrected chi connectivity index (χ0v) is 20.2. The lowest BCUT2D eigenvalue weighted by Gasteiger charge is -2.38. The predicted molar refractivity (Wildman–Crippen MR) is 138 cm³/mol. The summed E-state index contributed by atoms with van der Waals surface area (Å²) in [7, 11) is 0. The normalized spacial score (nSPS) is 19.2. The summed E-state index contributed by atoms with van der Waals surface area (Å²) in [5.74, 6) is 2.52. The molecule has 8 heteroatoms. The van der Waals surface area contributed by atoms with Crippen molar-refractivity contribution in [1.82, 2.24) is 15.3 Å². The highest BCUT2D eigenvalue weighted by Crippen LogP contribution is 2.28. The molecule has 1 aromatic heterocycles. The van der Waals surface area contributed by atoms with Crippen molar-refractivity contribution in [2.45, 2.75) is 52.1 Å². The Morgan fingerprint density at radius 2 is 1.66 bits per heavy atom. The lowest BCUT2D eigenvalue weighted by molar-refractivity contribution is 0.481. The second kappa shape index (κ2) is 10.3. The van der Waals surface area contributed by atoms with Crippen molar-refractivity contribution in [3.8, 4) is 0 Å². The van der Waals surface area contributed by atoms with Gasteiger partial charge in [-0.15, -0.1) is 0 Å². The molecule has 0 bridgehead atoms. The molecule has 1 aromatic carbocycles. The van der Waals surface area contributed by atoms with Crippen LogP contribution in [0, 0.1) is 0 Å². The summed E-state index contributed by atoms with van der Waals surface area (Å²) in [5.41, 5.74) is 1.28. The topological polar surface area (TPSA) is 59.6 Å². The van der Waals surface area contributed by atoms with Crippen LogP contribution in [0.3, 0.4) is 0 Å². The van der Waals surface area contributed by atoms with Crippen LogP contribution in [0.5, 0.6) is 0 Å². The van der Waals surface area contributed by atoms with E-state index in [9.17, 15) is 0 Å². The van der Waals surface area contributed by atoms with Crippen LogP contribution in [0.1, 0.15) is 40.0 Å². The summed E-state index contributed by atoms with van der Waals surface area (Å²) >= 11 is 5.47. The molecule has 2 aliphatic heterocycles. The first-order chi connectivity index (χ1) is 15.5. The van der Waals surface area contributed by atoms with Crippen LogP contribution < -0.4 is 25.3 Å². The Labute approximate surface area is 197 Å². The molecule has 0 spiro atoms. The molecule has 0 radical (unpaired) electrons. The van der Waals surface area contributed by atoms with Gasteiger partial charge in [0.1, 0.15) is 11.6 Å². The number of nitrogens with one attached hydrogen (secondary N) is 2. The van der Waals surface area contributed by atoms with Crippen LogP contribution in [-0.2, 0) is 0 Å². The summed E-state index contributed by atoms with van der Waals surface area (Å²) in [6.45, 7) is 11.3. The summed E-state index contributed by atoms with van der Waals surface area (Å²) in [6, 6.07) is 13.5. The molecule has 2 aliphatic rings. The molecule has 7 nitrogen and oxygen atoms in total. The fourth-order valence-corrected chi connectivity index (χ4v) is 4.78. The lowest BCUT2D eigenvalue weighted by atomic mass is 10.0. The molecule has 2 saturated heterocycles. The molecule has 2 aromatic rings. The Bertz CT molecular complexity index is 896. The largest absolute Gasteiger partial charge is 0.368 e. The zero-order chi connectivity index (χ0) is 22.5. The number of para-hydroxylation sites is 1. The number of piperazine rings is 1. The third-order valence-corrected chi connectivity index (χ3v) is 6.39. The van der Waals surface area contributed by atoms with Gasteiger partial charge in [0.2, 0.25) is 5.95 Å². The van der Waals surface area contributed by atoms with Crippen LogP contribution in [0.4, 0.5) is 23.3 Å². The first-order valence-electron chi connectivity index (χ1n) is 11.8. The monoisotopic (exact) mass is 453 g/mol. The van der Waals surface area contributed by atoms with Gasteiger partial charge in [0.15, 0.2) is 5.11 Å². The molecule has 1 atom stereocenters. The van der Waals surface area contributed by atoms with Gasteiger partial charge >= 0.3 is 0 Å². The molecule has 3 heterocycles. The molecule has 32 heavy (non-hydrogen) atoms. The Hall–Kier alpha value is -2.61. The van der Waals surface area contributed by atoms with E-state index in [-0.39, 0.29) is 6.04 Å². The Morgan fingerprint density at radius 3 is 2.34 bits per heavy atom. The number of anilines is 4. The minimum absolute atomic E-state index is 0.255. The van der Waals surface area contributed by atoms with Gasteiger partial charge in [0, 0.05) is 56.6 Å². The van der Waals surface area contributed by atoms with Gasteiger partial charge < -0.3 is 25.3 Å². The molecule has 0 unspecified atom stereocenters. The molecular weight excluding hydrogens is 418 g/mol. The van der Waals surface area contributed by atoms with E-state index in [0.29, 0.717) is 17.1 Å². The van der Waals surface area contributed by atoms with Crippen LogP contribution >= 0.6 is 12.2 Å². The summed E-state index contributed by atoms with van der Waals surface area (Å²) < 4.78 is 0. The highest BCUT2D eigenvalue weighted by molar-refractivity contribution is 7.80. The van der Waals surface area contributed by atoms with Crippen LogP contribution in [-0.4, -0.2) is 59.9 Å². The fraction of sp³-hybridized carbons (Fsp3) is 0.542. The molecule has 172 valence electrons. The number of thiocarbonyl (C=S) groups is 1. The number of hydrogen-bond acceptors (Lipinski definition) is 6. The Kier molecular flexibility index (Phi) is 7.29. The fourth-order valence-electron chi connectivity index (χ4n) is 4.46. The van der Waals surface area contributed by atoms with Gasteiger partial charge in [-0.3, -0.25) is 0 Å². The average molecular weight is 454 g/mol. The van der Waals surface area contributed by atoms with Gasteiger partial charge in [-0.1, -0.05) is 18.2 Å². The minimum Gasteiger partial charge on any atom is -0.368 e. The summed E-state index contributed by atoms with van der Waals surface area (Å²) in [5, 5.41) is 7.00. The van der Waals surface area contributed by atoms with E-state index in [1.54, 1.807) is 0 Å². The van der Waals surface area contributed by atoms with Crippen molar-refractivity contribution < 1.29 is 0 Å².